The molecule has 0 saturated carbocycles. The van der Waals surface area contributed by atoms with Gasteiger partial charge in [0.25, 0.3) is 0 Å². The van der Waals surface area contributed by atoms with Crippen LogP contribution in [0.5, 0.6) is 0 Å². The molecule has 0 atom stereocenters. The number of anilines is 1. The molecule has 3 rings (SSSR count). The van der Waals surface area contributed by atoms with Gasteiger partial charge < -0.3 is 5.32 Å². The predicted molar refractivity (Wildman–Crippen MR) is 121 cm³/mol. The Morgan fingerprint density at radius 1 is 1.10 bits per heavy atom. The van der Waals surface area contributed by atoms with Crippen LogP contribution < -0.4 is 5.32 Å². The van der Waals surface area contributed by atoms with Gasteiger partial charge in [-0.1, -0.05) is 36.4 Å². The van der Waals surface area contributed by atoms with Crippen LogP contribution in [0.1, 0.15) is 25.8 Å². The molecule has 2 aromatic rings. The summed E-state index contributed by atoms with van der Waals surface area (Å²) in [6.45, 7) is 5.51. The van der Waals surface area contributed by atoms with Gasteiger partial charge in [0.1, 0.15) is 0 Å². The zero-order valence-corrected chi connectivity index (χ0v) is 18.5. The minimum atomic E-state index is -3.53. The Morgan fingerprint density at radius 3 is 2.33 bits per heavy atom. The Kier molecular flexibility index (Phi) is 7.07. The lowest BCUT2D eigenvalue weighted by Crippen LogP contribution is -2.36. The average molecular weight is 428 g/mol. The molecule has 0 unspecified atom stereocenters. The molecule has 1 amide bonds. The number of hydrogen-bond acceptors (Lipinski definition) is 4. The summed E-state index contributed by atoms with van der Waals surface area (Å²) >= 11 is 0. The summed E-state index contributed by atoms with van der Waals surface area (Å²) in [5.74, 6) is -0.110. The molecular weight excluding hydrogens is 398 g/mol. The highest BCUT2D eigenvalue weighted by atomic mass is 32.2. The summed E-state index contributed by atoms with van der Waals surface area (Å²) in [5, 5.41) is 2.85. The molecule has 1 heterocycles. The second-order valence-corrected chi connectivity index (χ2v) is 9.77. The number of nitrogens with zero attached hydrogens (tertiary/aromatic N) is 2. The summed E-state index contributed by atoms with van der Waals surface area (Å²) in [6.07, 6.45) is 3.09. The number of nitrogens with one attached hydrogen (secondary N) is 1. The Hall–Kier alpha value is -2.48. The third-order valence-corrected chi connectivity index (χ3v) is 7.40. The normalized spacial score (nSPS) is 15.3. The molecule has 0 fully saturated rings. The van der Waals surface area contributed by atoms with Crippen LogP contribution in [0.2, 0.25) is 0 Å². The first-order valence-corrected chi connectivity index (χ1v) is 11.6. The van der Waals surface area contributed by atoms with Crippen LogP contribution in [0.3, 0.4) is 0 Å². The Labute approximate surface area is 179 Å². The van der Waals surface area contributed by atoms with E-state index >= 15 is 0 Å². The second kappa shape index (κ2) is 9.55. The molecule has 0 radical (unpaired) electrons. The van der Waals surface area contributed by atoms with E-state index < -0.39 is 10.0 Å². The highest BCUT2D eigenvalue weighted by Crippen LogP contribution is 2.22. The van der Waals surface area contributed by atoms with Crippen molar-refractivity contribution in [1.29, 1.82) is 0 Å². The molecule has 1 aliphatic heterocycles. The lowest BCUT2D eigenvalue weighted by atomic mass is 10.00. The van der Waals surface area contributed by atoms with E-state index in [-0.39, 0.29) is 16.8 Å². The Balaban J connectivity index is 1.55. The molecule has 160 valence electrons. The largest absolute Gasteiger partial charge is 0.325 e. The molecule has 7 heteroatoms. The van der Waals surface area contributed by atoms with Crippen LogP contribution in [0.4, 0.5) is 5.69 Å². The zero-order chi connectivity index (χ0) is 21.7. The SMILES string of the molecule is CC(C)N(C)S(=O)(=O)c1ccc(NC(=O)CN2CC=C(c3ccccc3)CC2)cc1. The molecule has 30 heavy (non-hydrogen) atoms. The average Bonchev–Trinajstić information content (AvgIpc) is 2.74. The number of benzene rings is 2. The highest BCUT2D eigenvalue weighted by molar-refractivity contribution is 7.89. The van der Waals surface area contributed by atoms with Crippen LogP contribution in [-0.4, -0.2) is 56.3 Å². The maximum atomic E-state index is 12.5. The minimum Gasteiger partial charge on any atom is -0.325 e. The van der Waals surface area contributed by atoms with Crippen LogP contribution in [0.15, 0.2) is 65.6 Å². The first-order valence-electron chi connectivity index (χ1n) is 10.1. The lowest BCUT2D eigenvalue weighted by molar-refractivity contribution is -0.117. The molecule has 1 N–H and O–H groups in total. The van der Waals surface area contributed by atoms with E-state index in [1.165, 1.54) is 27.6 Å². The van der Waals surface area contributed by atoms with Gasteiger partial charge in [-0.05, 0) is 55.7 Å². The first-order chi connectivity index (χ1) is 14.3. The first kappa shape index (κ1) is 22.2. The number of carbonyl (C=O) groups excluding carboxylic acids is 1. The van der Waals surface area contributed by atoms with Crippen molar-refractivity contribution < 1.29 is 13.2 Å². The van der Waals surface area contributed by atoms with Crippen molar-refractivity contribution in [2.75, 3.05) is 32.0 Å². The fourth-order valence-electron chi connectivity index (χ4n) is 3.33. The van der Waals surface area contributed by atoms with Gasteiger partial charge in [-0.2, -0.15) is 4.31 Å². The minimum absolute atomic E-state index is 0.110. The molecule has 0 aromatic heterocycles. The van der Waals surface area contributed by atoms with Crippen LogP contribution in [-0.2, 0) is 14.8 Å². The van der Waals surface area contributed by atoms with Crippen molar-refractivity contribution in [3.63, 3.8) is 0 Å². The van der Waals surface area contributed by atoms with E-state index in [4.69, 9.17) is 0 Å². The summed E-state index contributed by atoms with van der Waals surface area (Å²) < 4.78 is 26.4. The maximum Gasteiger partial charge on any atom is 0.243 e. The fourth-order valence-corrected chi connectivity index (χ4v) is 4.69. The van der Waals surface area contributed by atoms with Crippen molar-refractivity contribution in [3.05, 3.63) is 66.2 Å². The van der Waals surface area contributed by atoms with Gasteiger partial charge in [0.05, 0.1) is 11.4 Å². The highest BCUT2D eigenvalue weighted by Gasteiger charge is 2.23. The molecule has 0 aliphatic carbocycles. The topological polar surface area (TPSA) is 69.7 Å². The smallest absolute Gasteiger partial charge is 0.243 e. The van der Waals surface area contributed by atoms with E-state index in [1.54, 1.807) is 19.2 Å². The van der Waals surface area contributed by atoms with E-state index in [2.05, 4.69) is 28.4 Å². The quantitative estimate of drug-likeness (QED) is 0.735. The summed E-state index contributed by atoms with van der Waals surface area (Å²) in [7, 11) is -1.97. The molecule has 0 saturated heterocycles. The van der Waals surface area contributed by atoms with Crippen LogP contribution >= 0.6 is 0 Å². The van der Waals surface area contributed by atoms with Crippen molar-refractivity contribution in [3.8, 4) is 0 Å². The Bertz CT molecular complexity index is 1000. The second-order valence-electron chi connectivity index (χ2n) is 7.77. The predicted octanol–water partition coefficient (Wildman–Crippen LogP) is 3.44. The van der Waals surface area contributed by atoms with E-state index in [1.807, 2.05) is 32.0 Å². The van der Waals surface area contributed by atoms with Crippen molar-refractivity contribution in [2.24, 2.45) is 0 Å². The maximum absolute atomic E-state index is 12.5. The van der Waals surface area contributed by atoms with Crippen molar-refractivity contribution in [2.45, 2.75) is 31.2 Å². The van der Waals surface area contributed by atoms with Crippen molar-refractivity contribution in [1.82, 2.24) is 9.21 Å². The molecular formula is C23H29N3O3S. The third-order valence-electron chi connectivity index (χ3n) is 5.35. The number of amides is 1. The summed E-state index contributed by atoms with van der Waals surface area (Å²) in [4.78, 5) is 14.7. The van der Waals surface area contributed by atoms with Gasteiger partial charge in [0.15, 0.2) is 0 Å². The van der Waals surface area contributed by atoms with Gasteiger partial charge in [-0.3, -0.25) is 9.69 Å². The molecule has 2 aromatic carbocycles. The third kappa shape index (κ3) is 5.36. The molecule has 1 aliphatic rings. The fraction of sp³-hybridized carbons (Fsp3) is 0.348. The van der Waals surface area contributed by atoms with Crippen LogP contribution in [0.25, 0.3) is 5.57 Å². The van der Waals surface area contributed by atoms with E-state index in [0.717, 1.165) is 19.5 Å². The van der Waals surface area contributed by atoms with Gasteiger partial charge in [-0.25, -0.2) is 8.42 Å². The summed E-state index contributed by atoms with van der Waals surface area (Å²) in [6, 6.07) is 16.5. The molecule has 0 bridgehead atoms. The van der Waals surface area contributed by atoms with Gasteiger partial charge in [0, 0.05) is 31.9 Å². The number of rotatable bonds is 7. The number of carbonyl (C=O) groups is 1. The lowest BCUT2D eigenvalue weighted by Gasteiger charge is -2.26. The standard InChI is InChI=1S/C23H29N3O3S/c1-18(2)25(3)30(28,29)22-11-9-21(10-12-22)24-23(27)17-26-15-13-20(14-16-26)19-7-5-4-6-8-19/h4-13,18H,14-17H2,1-3H3,(H,24,27). The zero-order valence-electron chi connectivity index (χ0n) is 17.7. The monoisotopic (exact) mass is 427 g/mol. The molecule has 6 nitrogen and oxygen atoms in total. The van der Waals surface area contributed by atoms with Crippen molar-refractivity contribution >= 4 is 27.2 Å². The van der Waals surface area contributed by atoms with Gasteiger partial charge >= 0.3 is 0 Å². The summed E-state index contributed by atoms with van der Waals surface area (Å²) in [5.41, 5.74) is 3.14. The van der Waals surface area contributed by atoms with E-state index in [9.17, 15) is 13.2 Å². The molecule has 0 spiro atoms. The number of hydrogen-bond donors (Lipinski definition) is 1. The number of sulfonamides is 1. The van der Waals surface area contributed by atoms with Gasteiger partial charge in [0.2, 0.25) is 15.9 Å². The van der Waals surface area contributed by atoms with Crippen LogP contribution in [0, 0.1) is 0 Å². The van der Waals surface area contributed by atoms with E-state index in [0.29, 0.717) is 12.2 Å². The van der Waals surface area contributed by atoms with Gasteiger partial charge in [-0.15, -0.1) is 0 Å². The Morgan fingerprint density at radius 2 is 1.77 bits per heavy atom.